The fourth-order valence-electron chi connectivity index (χ4n) is 3.10. The smallest absolute Gasteiger partial charge is 0.321 e. The molecule has 1 aliphatic rings. The van der Waals surface area contributed by atoms with Crippen LogP contribution in [0, 0.1) is 0 Å². The van der Waals surface area contributed by atoms with Crippen LogP contribution in [-0.4, -0.2) is 55.7 Å². The van der Waals surface area contributed by atoms with E-state index in [9.17, 15) is 4.79 Å². The first-order chi connectivity index (χ1) is 12.7. The number of anilines is 1. The van der Waals surface area contributed by atoms with Crippen LogP contribution in [0.3, 0.4) is 0 Å². The first kappa shape index (κ1) is 18.5. The Balaban J connectivity index is 1.45. The summed E-state index contributed by atoms with van der Waals surface area (Å²) in [5.74, 6) is 0.938. The molecule has 0 aliphatic carbocycles. The van der Waals surface area contributed by atoms with Crippen LogP contribution in [-0.2, 0) is 6.42 Å². The van der Waals surface area contributed by atoms with Gasteiger partial charge in [0.15, 0.2) is 0 Å². The average Bonchev–Trinajstić information content (AvgIpc) is 2.68. The van der Waals surface area contributed by atoms with Crippen molar-refractivity contribution in [3.05, 3.63) is 59.1 Å². The van der Waals surface area contributed by atoms with Crippen molar-refractivity contribution in [3.63, 3.8) is 0 Å². The summed E-state index contributed by atoms with van der Waals surface area (Å²) in [6.45, 7) is 4.18. The van der Waals surface area contributed by atoms with E-state index in [-0.39, 0.29) is 6.03 Å². The van der Waals surface area contributed by atoms with E-state index in [0.717, 1.165) is 50.6 Å². The number of hydrogen-bond acceptors (Lipinski definition) is 3. The van der Waals surface area contributed by atoms with Gasteiger partial charge in [-0.2, -0.15) is 0 Å². The summed E-state index contributed by atoms with van der Waals surface area (Å²) < 4.78 is 5.41. The first-order valence-electron chi connectivity index (χ1n) is 8.81. The van der Waals surface area contributed by atoms with E-state index in [0.29, 0.717) is 5.02 Å². The fourth-order valence-corrected chi connectivity index (χ4v) is 3.22. The molecule has 0 bridgehead atoms. The van der Waals surface area contributed by atoms with Gasteiger partial charge in [0.2, 0.25) is 0 Å². The highest BCUT2D eigenvalue weighted by atomic mass is 35.5. The summed E-state index contributed by atoms with van der Waals surface area (Å²) in [6.07, 6.45) is 0.945. The lowest BCUT2D eigenvalue weighted by atomic mass is 10.1. The maximum absolute atomic E-state index is 12.4. The Labute approximate surface area is 159 Å². The zero-order valence-electron chi connectivity index (χ0n) is 15.0. The lowest BCUT2D eigenvalue weighted by Gasteiger charge is -2.34. The summed E-state index contributed by atoms with van der Waals surface area (Å²) in [6, 6.07) is 15.2. The van der Waals surface area contributed by atoms with E-state index in [1.165, 1.54) is 5.56 Å². The molecule has 2 amide bonds. The van der Waals surface area contributed by atoms with Crippen LogP contribution in [0.25, 0.3) is 0 Å². The molecular weight excluding hydrogens is 350 g/mol. The third-order valence-electron chi connectivity index (χ3n) is 4.64. The second kappa shape index (κ2) is 8.92. The molecule has 2 aromatic rings. The number of benzene rings is 2. The highest BCUT2D eigenvalue weighted by molar-refractivity contribution is 6.30. The van der Waals surface area contributed by atoms with Crippen molar-refractivity contribution in [2.24, 2.45) is 0 Å². The van der Waals surface area contributed by atoms with Crippen LogP contribution in [0.4, 0.5) is 10.5 Å². The minimum absolute atomic E-state index is 0.0586. The molecule has 1 fully saturated rings. The summed E-state index contributed by atoms with van der Waals surface area (Å²) >= 11 is 5.87. The van der Waals surface area contributed by atoms with E-state index in [1.807, 2.05) is 35.2 Å². The van der Waals surface area contributed by atoms with Gasteiger partial charge in [-0.25, -0.2) is 4.79 Å². The van der Waals surface area contributed by atoms with Crippen LogP contribution in [0.15, 0.2) is 48.5 Å². The number of halogens is 1. The predicted molar refractivity (Wildman–Crippen MR) is 105 cm³/mol. The normalized spacial score (nSPS) is 14.9. The number of rotatable bonds is 5. The van der Waals surface area contributed by atoms with Gasteiger partial charge in [0.05, 0.1) is 7.11 Å². The Kier molecular flexibility index (Phi) is 6.36. The second-order valence-electron chi connectivity index (χ2n) is 6.33. The summed E-state index contributed by atoms with van der Waals surface area (Å²) in [4.78, 5) is 16.6. The highest BCUT2D eigenvalue weighted by Crippen LogP contribution is 2.18. The lowest BCUT2D eigenvalue weighted by molar-refractivity contribution is 0.148. The molecule has 0 atom stereocenters. The number of ether oxygens (including phenoxy) is 1. The van der Waals surface area contributed by atoms with Crippen LogP contribution in [0.5, 0.6) is 5.75 Å². The second-order valence-corrected chi connectivity index (χ2v) is 6.76. The van der Waals surface area contributed by atoms with Gasteiger partial charge in [-0.15, -0.1) is 0 Å². The van der Waals surface area contributed by atoms with Gasteiger partial charge in [0.1, 0.15) is 5.75 Å². The number of para-hydroxylation sites is 1. The monoisotopic (exact) mass is 373 g/mol. The fraction of sp³-hybridized carbons (Fsp3) is 0.350. The molecule has 0 aromatic heterocycles. The quantitative estimate of drug-likeness (QED) is 0.868. The Morgan fingerprint density at radius 1 is 1.08 bits per heavy atom. The molecule has 138 valence electrons. The molecule has 0 saturated carbocycles. The van der Waals surface area contributed by atoms with Crippen molar-refractivity contribution in [2.45, 2.75) is 6.42 Å². The number of methoxy groups -OCH3 is 1. The Morgan fingerprint density at radius 2 is 1.77 bits per heavy atom. The summed E-state index contributed by atoms with van der Waals surface area (Å²) in [5, 5.41) is 3.58. The van der Waals surface area contributed by atoms with E-state index in [1.54, 1.807) is 19.2 Å². The van der Waals surface area contributed by atoms with E-state index in [4.69, 9.17) is 16.3 Å². The number of piperazine rings is 1. The molecule has 26 heavy (non-hydrogen) atoms. The number of hydrogen-bond donors (Lipinski definition) is 1. The lowest BCUT2D eigenvalue weighted by Crippen LogP contribution is -2.50. The topological polar surface area (TPSA) is 44.8 Å². The molecule has 0 radical (unpaired) electrons. The number of urea groups is 1. The molecule has 1 saturated heterocycles. The SMILES string of the molecule is COc1ccccc1CCN1CCN(C(=O)Nc2ccc(Cl)cc2)CC1. The van der Waals surface area contributed by atoms with Crippen LogP contribution in [0.2, 0.25) is 5.02 Å². The van der Waals surface area contributed by atoms with Crippen LogP contribution >= 0.6 is 11.6 Å². The van der Waals surface area contributed by atoms with Crippen LogP contribution < -0.4 is 10.1 Å². The molecule has 3 rings (SSSR count). The number of nitrogens with zero attached hydrogens (tertiary/aromatic N) is 2. The van der Waals surface area contributed by atoms with Crippen molar-refractivity contribution >= 4 is 23.3 Å². The van der Waals surface area contributed by atoms with Gasteiger partial charge in [0, 0.05) is 43.4 Å². The first-order valence-corrected chi connectivity index (χ1v) is 9.19. The van der Waals surface area contributed by atoms with Crippen molar-refractivity contribution in [3.8, 4) is 5.75 Å². The minimum atomic E-state index is -0.0586. The standard InChI is InChI=1S/C20H24ClN3O2/c1-26-19-5-3-2-4-16(19)10-11-23-12-14-24(15-13-23)20(25)22-18-8-6-17(21)7-9-18/h2-9H,10-15H2,1H3,(H,22,25). The van der Waals surface area contributed by atoms with E-state index < -0.39 is 0 Å². The maximum atomic E-state index is 12.4. The third-order valence-corrected chi connectivity index (χ3v) is 4.90. The predicted octanol–water partition coefficient (Wildman–Crippen LogP) is 3.74. The third kappa shape index (κ3) is 4.90. The Bertz CT molecular complexity index is 728. The van der Waals surface area contributed by atoms with Gasteiger partial charge < -0.3 is 15.0 Å². The average molecular weight is 374 g/mol. The molecule has 5 nitrogen and oxygen atoms in total. The molecule has 1 aliphatic heterocycles. The molecule has 0 unspecified atom stereocenters. The molecular formula is C20H24ClN3O2. The molecule has 1 heterocycles. The van der Waals surface area contributed by atoms with E-state index >= 15 is 0 Å². The van der Waals surface area contributed by atoms with Crippen molar-refractivity contribution in [1.82, 2.24) is 9.80 Å². The minimum Gasteiger partial charge on any atom is -0.496 e. The van der Waals surface area contributed by atoms with E-state index in [2.05, 4.69) is 16.3 Å². The zero-order chi connectivity index (χ0) is 18.4. The molecule has 1 N–H and O–H groups in total. The van der Waals surface area contributed by atoms with Crippen molar-refractivity contribution in [2.75, 3.05) is 45.2 Å². The van der Waals surface area contributed by atoms with Crippen molar-refractivity contribution < 1.29 is 9.53 Å². The number of nitrogens with one attached hydrogen (secondary N) is 1. The number of amides is 2. The van der Waals surface area contributed by atoms with Gasteiger partial charge in [0.25, 0.3) is 0 Å². The van der Waals surface area contributed by atoms with Gasteiger partial charge in [-0.1, -0.05) is 29.8 Å². The van der Waals surface area contributed by atoms with Crippen molar-refractivity contribution in [1.29, 1.82) is 0 Å². The maximum Gasteiger partial charge on any atom is 0.321 e. The van der Waals surface area contributed by atoms with Gasteiger partial charge in [-0.3, -0.25) is 4.90 Å². The van der Waals surface area contributed by atoms with Gasteiger partial charge >= 0.3 is 6.03 Å². The summed E-state index contributed by atoms with van der Waals surface area (Å²) in [7, 11) is 1.71. The molecule has 2 aromatic carbocycles. The Hall–Kier alpha value is -2.24. The molecule has 0 spiro atoms. The Morgan fingerprint density at radius 3 is 2.46 bits per heavy atom. The number of carbonyl (C=O) groups excluding carboxylic acids is 1. The largest absolute Gasteiger partial charge is 0.496 e. The van der Waals surface area contributed by atoms with Crippen LogP contribution in [0.1, 0.15) is 5.56 Å². The number of carbonyl (C=O) groups is 1. The highest BCUT2D eigenvalue weighted by Gasteiger charge is 2.21. The zero-order valence-corrected chi connectivity index (χ0v) is 15.7. The molecule has 6 heteroatoms. The summed E-state index contributed by atoms with van der Waals surface area (Å²) in [5.41, 5.74) is 1.98. The van der Waals surface area contributed by atoms with Gasteiger partial charge in [-0.05, 0) is 42.3 Å².